The van der Waals surface area contributed by atoms with Crippen molar-refractivity contribution in [2.45, 2.75) is 354 Å². The van der Waals surface area contributed by atoms with E-state index in [4.69, 9.17) is 37.0 Å². The van der Waals surface area contributed by atoms with Gasteiger partial charge >= 0.3 is 39.5 Å². The first-order valence-corrected chi connectivity index (χ1v) is 45.1. The molecule has 17 nitrogen and oxygen atoms in total. The Morgan fingerprint density at radius 1 is 0.259 bits per heavy atom. The lowest BCUT2D eigenvalue weighted by Gasteiger charge is -2.21. The van der Waals surface area contributed by atoms with Gasteiger partial charge in [0.05, 0.1) is 26.4 Å². The van der Waals surface area contributed by atoms with E-state index in [1.165, 1.54) is 103 Å². The summed E-state index contributed by atoms with van der Waals surface area (Å²) in [6.07, 6.45) is 92.7. The molecular weight excluding hydrogens is 1400 g/mol. The van der Waals surface area contributed by atoms with Crippen LogP contribution in [-0.2, 0) is 65.4 Å². The zero-order valence-corrected chi connectivity index (χ0v) is 69.5. The Bertz CT molecular complexity index is 2610. The van der Waals surface area contributed by atoms with Gasteiger partial charge in [0.1, 0.15) is 19.3 Å². The largest absolute Gasteiger partial charge is 0.472 e. The molecule has 0 aromatic heterocycles. The number of aliphatic hydroxyl groups excluding tert-OH is 1. The highest BCUT2D eigenvalue weighted by Crippen LogP contribution is 2.45. The second-order valence-corrected chi connectivity index (χ2v) is 30.6. The molecule has 0 fully saturated rings. The van der Waals surface area contributed by atoms with E-state index in [-0.39, 0.29) is 25.7 Å². The second-order valence-electron chi connectivity index (χ2n) is 27.7. The maximum atomic E-state index is 13.1. The standard InChI is InChI=1S/C89H150O17P2/c1-5-9-13-17-21-25-29-33-37-39-41-43-47-51-55-59-63-67-71-75-88(93)105-84(79-99-86(91)73-69-65-61-57-53-49-45-35-31-27-23-19-15-11-7-3)81-103-107(95,96)101-77-83(90)78-102-108(97,98)104-82-85(80-100-87(92)74-70-66-62-58-54-50-46-36-32-28-24-20-16-12-8-4)106-89(94)76-72-68-64-60-56-52-48-44-42-40-38-34-30-26-22-18-14-10-6-2/h21-22,25-27,31,33-34,36-38,41-44,46,51-52,55-56,63-64,67-68,83-85,90H,5-20,23-24,28-30,32,35,39-40,45,47-50,53-54,57-62,65-66,69-82H2,1-4H3,(H,95,96)(H,97,98)/b25-21-,26-22-,31-27-,37-33-,38-34-,43-41-,44-42-,46-36-,55-51-,56-52-,67-63-,68-64-/t83-,84+,85+/m0/s1. The van der Waals surface area contributed by atoms with Crippen LogP contribution < -0.4 is 0 Å². The van der Waals surface area contributed by atoms with Gasteiger partial charge in [0.25, 0.3) is 0 Å². The van der Waals surface area contributed by atoms with Gasteiger partial charge in [-0.2, -0.15) is 0 Å². The fraction of sp³-hybridized carbons (Fsp3) is 0.685. The predicted octanol–water partition coefficient (Wildman–Crippen LogP) is 25.0. The molecule has 618 valence electrons. The van der Waals surface area contributed by atoms with Crippen molar-refractivity contribution < 1.29 is 80.2 Å². The van der Waals surface area contributed by atoms with Crippen LogP contribution >= 0.6 is 15.6 Å². The van der Waals surface area contributed by atoms with E-state index >= 15 is 0 Å². The van der Waals surface area contributed by atoms with Crippen molar-refractivity contribution in [1.82, 2.24) is 0 Å². The van der Waals surface area contributed by atoms with Crippen LogP contribution in [0.1, 0.15) is 336 Å². The summed E-state index contributed by atoms with van der Waals surface area (Å²) in [6, 6.07) is 0. The molecule has 2 unspecified atom stereocenters. The third kappa shape index (κ3) is 79.0. The van der Waals surface area contributed by atoms with Crippen LogP contribution in [0.15, 0.2) is 146 Å². The molecule has 0 bridgehead atoms. The molecule has 0 rings (SSSR count). The Balaban J connectivity index is 5.52. The lowest BCUT2D eigenvalue weighted by Crippen LogP contribution is -2.30. The van der Waals surface area contributed by atoms with Gasteiger partial charge in [0, 0.05) is 25.7 Å². The van der Waals surface area contributed by atoms with Crippen molar-refractivity contribution in [1.29, 1.82) is 0 Å². The molecule has 0 heterocycles. The fourth-order valence-electron chi connectivity index (χ4n) is 10.8. The van der Waals surface area contributed by atoms with E-state index in [9.17, 15) is 43.2 Å². The summed E-state index contributed by atoms with van der Waals surface area (Å²) in [5.74, 6) is -2.38. The van der Waals surface area contributed by atoms with Crippen molar-refractivity contribution >= 4 is 39.5 Å². The number of carbonyl (C=O) groups is 4. The van der Waals surface area contributed by atoms with Crippen LogP contribution in [0, 0.1) is 0 Å². The topological polar surface area (TPSA) is 237 Å². The number of hydrogen-bond acceptors (Lipinski definition) is 15. The average molecular weight is 1550 g/mol. The molecule has 0 aromatic carbocycles. The number of esters is 4. The molecule has 0 amide bonds. The Hall–Kier alpha value is -5.06. The van der Waals surface area contributed by atoms with Gasteiger partial charge in [-0.3, -0.25) is 37.3 Å². The number of ether oxygens (including phenoxy) is 4. The second kappa shape index (κ2) is 80.0. The molecular formula is C89H150O17P2. The molecule has 0 aromatic rings. The van der Waals surface area contributed by atoms with Crippen LogP contribution in [0.25, 0.3) is 0 Å². The minimum absolute atomic E-state index is 0.0344. The average Bonchev–Trinajstić information content (AvgIpc) is 0.907. The van der Waals surface area contributed by atoms with Crippen molar-refractivity contribution in [2.75, 3.05) is 39.6 Å². The normalized spacial score (nSPS) is 14.5. The summed E-state index contributed by atoms with van der Waals surface area (Å²) in [5.41, 5.74) is 0. The van der Waals surface area contributed by atoms with E-state index < -0.39 is 97.5 Å². The maximum absolute atomic E-state index is 13.1. The monoisotopic (exact) mass is 1550 g/mol. The van der Waals surface area contributed by atoms with Gasteiger partial charge in [-0.15, -0.1) is 0 Å². The molecule has 0 aliphatic carbocycles. The first kappa shape index (κ1) is 103. The molecule has 0 radical (unpaired) electrons. The smallest absolute Gasteiger partial charge is 0.462 e. The number of aliphatic hydroxyl groups is 1. The van der Waals surface area contributed by atoms with E-state index in [1.54, 1.807) is 0 Å². The third-order valence-corrected chi connectivity index (χ3v) is 19.2. The number of phosphoric ester groups is 2. The van der Waals surface area contributed by atoms with Gasteiger partial charge in [0.15, 0.2) is 12.2 Å². The van der Waals surface area contributed by atoms with Crippen molar-refractivity contribution in [2.24, 2.45) is 0 Å². The summed E-state index contributed by atoms with van der Waals surface area (Å²) in [4.78, 5) is 73.1. The minimum Gasteiger partial charge on any atom is -0.462 e. The summed E-state index contributed by atoms with van der Waals surface area (Å²) in [7, 11) is -10.0. The summed E-state index contributed by atoms with van der Waals surface area (Å²) in [6.45, 7) is 4.64. The Kier molecular flexibility index (Phi) is 76.3. The molecule has 108 heavy (non-hydrogen) atoms. The summed E-state index contributed by atoms with van der Waals surface area (Å²) < 4.78 is 68.5. The van der Waals surface area contributed by atoms with Gasteiger partial charge in [-0.25, -0.2) is 9.13 Å². The highest BCUT2D eigenvalue weighted by Gasteiger charge is 2.30. The van der Waals surface area contributed by atoms with Gasteiger partial charge in [0.2, 0.25) is 0 Å². The number of allylic oxidation sites excluding steroid dienone is 24. The Morgan fingerprint density at radius 3 is 0.769 bits per heavy atom. The van der Waals surface area contributed by atoms with E-state index in [0.717, 1.165) is 141 Å². The first-order chi connectivity index (χ1) is 52.7. The molecule has 0 aliphatic rings. The first-order valence-electron chi connectivity index (χ1n) is 42.1. The summed E-state index contributed by atoms with van der Waals surface area (Å²) in [5, 5.41) is 10.7. The molecule has 0 saturated heterocycles. The Morgan fingerprint density at radius 2 is 0.472 bits per heavy atom. The molecule has 0 saturated carbocycles. The summed E-state index contributed by atoms with van der Waals surface area (Å²) >= 11 is 0. The molecule has 0 spiro atoms. The van der Waals surface area contributed by atoms with Gasteiger partial charge in [-0.05, 0) is 154 Å². The molecule has 0 aliphatic heterocycles. The maximum Gasteiger partial charge on any atom is 0.472 e. The van der Waals surface area contributed by atoms with Gasteiger partial charge in [-0.1, -0.05) is 302 Å². The SMILES string of the molecule is CCCCC/C=C\C/C=C\C/C=C\C/C=C\C/C=C\CCC(=O)O[C@H](COC(=O)CCCCCCC/C=C\CCCCCCCC)COP(=O)(O)OC[C@@H](O)COP(=O)(O)OC[C@@H](COC(=O)CCCCCCCCC/C=C\CCCCCC)OC(=O)CC/C=C\C/C=C\C/C=C\C/C=C\C/C=C\CCCCC. The minimum atomic E-state index is -5.01. The predicted molar refractivity (Wildman–Crippen MR) is 445 cm³/mol. The quantitative estimate of drug-likeness (QED) is 0.0169. The number of rotatable bonds is 78. The van der Waals surface area contributed by atoms with E-state index in [1.807, 2.05) is 36.5 Å². The number of phosphoric acid groups is 2. The highest BCUT2D eigenvalue weighted by molar-refractivity contribution is 7.47. The van der Waals surface area contributed by atoms with E-state index in [2.05, 4.69) is 137 Å². The molecule has 3 N–H and O–H groups in total. The van der Waals surface area contributed by atoms with Crippen LogP contribution in [0.5, 0.6) is 0 Å². The van der Waals surface area contributed by atoms with Crippen molar-refractivity contribution in [3.8, 4) is 0 Å². The number of carbonyl (C=O) groups excluding carboxylic acids is 4. The van der Waals surface area contributed by atoms with Crippen LogP contribution in [-0.4, -0.2) is 96.7 Å². The fourth-order valence-corrected chi connectivity index (χ4v) is 12.4. The van der Waals surface area contributed by atoms with E-state index in [0.29, 0.717) is 38.5 Å². The third-order valence-electron chi connectivity index (χ3n) is 17.3. The lowest BCUT2D eigenvalue weighted by atomic mass is 10.1. The molecule has 19 heteroatoms. The zero-order chi connectivity index (χ0) is 78.9. The van der Waals surface area contributed by atoms with Crippen molar-refractivity contribution in [3.63, 3.8) is 0 Å². The lowest BCUT2D eigenvalue weighted by molar-refractivity contribution is -0.161. The van der Waals surface area contributed by atoms with Crippen LogP contribution in [0.2, 0.25) is 0 Å². The molecule has 5 atom stereocenters. The van der Waals surface area contributed by atoms with Crippen molar-refractivity contribution in [3.05, 3.63) is 146 Å². The zero-order valence-electron chi connectivity index (χ0n) is 67.7. The number of hydrogen-bond donors (Lipinski definition) is 3. The number of unbranched alkanes of at least 4 members (excludes halogenated alkanes) is 28. The van der Waals surface area contributed by atoms with Crippen LogP contribution in [0.3, 0.4) is 0 Å². The Labute approximate surface area is 656 Å². The van der Waals surface area contributed by atoms with Gasteiger partial charge < -0.3 is 33.8 Å². The highest BCUT2D eigenvalue weighted by atomic mass is 31.2. The van der Waals surface area contributed by atoms with Crippen LogP contribution in [0.4, 0.5) is 0 Å².